The van der Waals surface area contributed by atoms with Gasteiger partial charge in [-0.15, -0.1) is 11.3 Å². The molecule has 2 aromatic heterocycles. The lowest BCUT2D eigenvalue weighted by Gasteiger charge is -2.34. The molecule has 5 nitrogen and oxygen atoms in total. The summed E-state index contributed by atoms with van der Waals surface area (Å²) >= 11 is 1.69. The van der Waals surface area contributed by atoms with Crippen molar-refractivity contribution in [3.05, 3.63) is 58.3 Å². The van der Waals surface area contributed by atoms with Gasteiger partial charge in [0.05, 0.1) is 10.7 Å². The van der Waals surface area contributed by atoms with Gasteiger partial charge in [0, 0.05) is 49.7 Å². The van der Waals surface area contributed by atoms with E-state index in [1.165, 1.54) is 0 Å². The van der Waals surface area contributed by atoms with Crippen molar-refractivity contribution in [2.75, 3.05) is 26.2 Å². The Labute approximate surface area is 150 Å². The topological polar surface area (TPSA) is 49.3 Å². The summed E-state index contributed by atoms with van der Waals surface area (Å²) in [7, 11) is 0. The van der Waals surface area contributed by atoms with Gasteiger partial charge in [-0.2, -0.15) is 0 Å². The van der Waals surface area contributed by atoms with Crippen molar-refractivity contribution in [2.24, 2.45) is 0 Å². The number of hydrogen-bond acceptors (Lipinski definition) is 5. The molecule has 0 N–H and O–H groups in total. The Hall–Kier alpha value is -2.31. The minimum absolute atomic E-state index is 0.0287. The van der Waals surface area contributed by atoms with Crippen LogP contribution in [0.25, 0.3) is 10.8 Å². The number of carbonyl (C=O) groups excluding carboxylic acids is 1. The first-order valence-corrected chi connectivity index (χ1v) is 9.35. The number of hydrogen-bond donors (Lipinski definition) is 0. The van der Waals surface area contributed by atoms with Gasteiger partial charge in [-0.25, -0.2) is 4.98 Å². The largest absolute Gasteiger partial charge is 0.335 e. The van der Waals surface area contributed by atoms with Crippen molar-refractivity contribution in [2.45, 2.75) is 13.5 Å². The van der Waals surface area contributed by atoms with Crippen molar-refractivity contribution in [3.63, 3.8) is 0 Å². The Balaban J connectivity index is 1.44. The van der Waals surface area contributed by atoms with Gasteiger partial charge in [0.2, 0.25) is 0 Å². The van der Waals surface area contributed by atoms with Gasteiger partial charge in [0.25, 0.3) is 5.91 Å². The predicted molar refractivity (Wildman–Crippen MR) is 99.8 cm³/mol. The summed E-state index contributed by atoms with van der Waals surface area (Å²) in [5, 5.41) is 5.20. The predicted octanol–water partition coefficient (Wildman–Crippen LogP) is 2.96. The fraction of sp³-hybridized carbons (Fsp3) is 0.316. The normalized spacial score (nSPS) is 15.6. The highest BCUT2D eigenvalue weighted by atomic mass is 32.1. The van der Waals surface area contributed by atoms with E-state index in [0.29, 0.717) is 5.69 Å². The van der Waals surface area contributed by atoms with E-state index in [-0.39, 0.29) is 5.91 Å². The molecule has 1 aliphatic rings. The Morgan fingerprint density at radius 3 is 2.72 bits per heavy atom. The molecule has 0 saturated carbocycles. The fourth-order valence-corrected chi connectivity index (χ4v) is 3.86. The third-order valence-electron chi connectivity index (χ3n) is 4.59. The number of amides is 1. The first kappa shape index (κ1) is 16.2. The lowest BCUT2D eigenvalue weighted by molar-refractivity contribution is 0.0623. The summed E-state index contributed by atoms with van der Waals surface area (Å²) < 4.78 is 0. The Kier molecular flexibility index (Phi) is 4.46. The summed E-state index contributed by atoms with van der Waals surface area (Å²) in [6, 6.07) is 9.86. The molecule has 6 heteroatoms. The number of aryl methyl sites for hydroxylation is 1. The van der Waals surface area contributed by atoms with Crippen molar-refractivity contribution < 1.29 is 4.79 Å². The van der Waals surface area contributed by atoms with Crippen LogP contribution in [0.15, 0.2) is 41.9 Å². The molecule has 0 bridgehead atoms. The summed E-state index contributed by atoms with van der Waals surface area (Å²) in [4.78, 5) is 26.1. The second kappa shape index (κ2) is 6.90. The molecule has 1 aromatic carbocycles. The Morgan fingerprint density at radius 2 is 1.96 bits per heavy atom. The molecule has 0 radical (unpaired) electrons. The van der Waals surface area contributed by atoms with Crippen LogP contribution in [-0.2, 0) is 6.54 Å². The van der Waals surface area contributed by atoms with Gasteiger partial charge in [-0.3, -0.25) is 14.7 Å². The van der Waals surface area contributed by atoms with E-state index >= 15 is 0 Å². The summed E-state index contributed by atoms with van der Waals surface area (Å²) in [5.74, 6) is 0.0287. The molecule has 0 aliphatic carbocycles. The molecule has 3 aromatic rings. The van der Waals surface area contributed by atoms with Gasteiger partial charge < -0.3 is 4.90 Å². The maximum atomic E-state index is 12.9. The molecule has 1 fully saturated rings. The van der Waals surface area contributed by atoms with Crippen LogP contribution in [0.3, 0.4) is 0 Å². The molecule has 0 atom stereocenters. The molecule has 128 valence electrons. The SMILES string of the molecule is Cc1nc(CN2CCN(C(=O)c3nccc4ccccc34)CC2)cs1. The highest BCUT2D eigenvalue weighted by Gasteiger charge is 2.24. The number of aromatic nitrogens is 2. The van der Waals surface area contributed by atoms with E-state index in [1.807, 2.05) is 42.2 Å². The highest BCUT2D eigenvalue weighted by molar-refractivity contribution is 7.09. The number of benzene rings is 1. The number of rotatable bonds is 3. The number of pyridine rings is 1. The number of fused-ring (bicyclic) bond motifs is 1. The van der Waals surface area contributed by atoms with Crippen molar-refractivity contribution in [3.8, 4) is 0 Å². The van der Waals surface area contributed by atoms with Gasteiger partial charge in [-0.1, -0.05) is 24.3 Å². The molecule has 1 amide bonds. The van der Waals surface area contributed by atoms with Crippen LogP contribution in [0.2, 0.25) is 0 Å². The summed E-state index contributed by atoms with van der Waals surface area (Å²) in [6.07, 6.45) is 1.72. The van der Waals surface area contributed by atoms with Crippen molar-refractivity contribution >= 4 is 28.0 Å². The number of nitrogens with zero attached hydrogens (tertiary/aromatic N) is 4. The molecule has 0 spiro atoms. The van der Waals surface area contributed by atoms with E-state index in [9.17, 15) is 4.79 Å². The first-order valence-electron chi connectivity index (χ1n) is 8.47. The van der Waals surface area contributed by atoms with Crippen LogP contribution in [0.1, 0.15) is 21.2 Å². The average Bonchev–Trinajstić information content (AvgIpc) is 3.06. The maximum absolute atomic E-state index is 12.9. The first-order chi connectivity index (χ1) is 12.2. The molecule has 1 aliphatic heterocycles. The zero-order valence-electron chi connectivity index (χ0n) is 14.2. The van der Waals surface area contributed by atoms with Gasteiger partial charge in [0.1, 0.15) is 5.69 Å². The highest BCUT2D eigenvalue weighted by Crippen LogP contribution is 2.19. The lowest BCUT2D eigenvalue weighted by atomic mass is 10.1. The van der Waals surface area contributed by atoms with Gasteiger partial charge in [-0.05, 0) is 18.4 Å². The Morgan fingerprint density at radius 1 is 1.16 bits per heavy atom. The lowest BCUT2D eigenvalue weighted by Crippen LogP contribution is -2.48. The van der Waals surface area contributed by atoms with E-state index in [2.05, 4.69) is 20.2 Å². The monoisotopic (exact) mass is 352 g/mol. The zero-order valence-corrected chi connectivity index (χ0v) is 15.0. The third-order valence-corrected chi connectivity index (χ3v) is 5.41. The van der Waals surface area contributed by atoms with E-state index in [0.717, 1.165) is 54.2 Å². The quantitative estimate of drug-likeness (QED) is 0.727. The second-order valence-electron chi connectivity index (χ2n) is 6.31. The van der Waals surface area contributed by atoms with Crippen molar-refractivity contribution in [1.82, 2.24) is 19.8 Å². The number of piperazine rings is 1. The van der Waals surface area contributed by atoms with Crippen LogP contribution < -0.4 is 0 Å². The van der Waals surface area contributed by atoms with E-state index < -0.39 is 0 Å². The number of thiazole rings is 1. The Bertz CT molecular complexity index is 894. The van der Waals surface area contributed by atoms with Gasteiger partial charge >= 0.3 is 0 Å². The fourth-order valence-electron chi connectivity index (χ4n) is 3.26. The molecule has 0 unspecified atom stereocenters. The maximum Gasteiger partial charge on any atom is 0.273 e. The van der Waals surface area contributed by atoms with E-state index in [1.54, 1.807) is 17.5 Å². The second-order valence-corrected chi connectivity index (χ2v) is 7.37. The summed E-state index contributed by atoms with van der Waals surface area (Å²) in [6.45, 7) is 6.08. The van der Waals surface area contributed by atoms with Crippen molar-refractivity contribution in [1.29, 1.82) is 0 Å². The molecule has 3 heterocycles. The smallest absolute Gasteiger partial charge is 0.273 e. The third kappa shape index (κ3) is 3.41. The molecule has 1 saturated heterocycles. The molecular weight excluding hydrogens is 332 g/mol. The zero-order chi connectivity index (χ0) is 17.2. The van der Waals surface area contributed by atoms with E-state index in [4.69, 9.17) is 0 Å². The minimum atomic E-state index is 0.0287. The van der Waals surface area contributed by atoms with Gasteiger partial charge in [0.15, 0.2) is 0 Å². The molecule has 4 rings (SSSR count). The summed E-state index contributed by atoms with van der Waals surface area (Å²) in [5.41, 5.74) is 1.68. The average molecular weight is 352 g/mol. The van der Waals surface area contributed by atoms with Crippen LogP contribution in [-0.4, -0.2) is 51.9 Å². The number of carbonyl (C=O) groups is 1. The van der Waals surface area contributed by atoms with Crippen LogP contribution >= 0.6 is 11.3 Å². The van der Waals surface area contributed by atoms with Crippen LogP contribution in [0.5, 0.6) is 0 Å². The van der Waals surface area contributed by atoms with Crippen LogP contribution in [0.4, 0.5) is 0 Å². The molecule has 25 heavy (non-hydrogen) atoms. The standard InChI is InChI=1S/C19H20N4OS/c1-14-21-16(13-25-14)12-22-8-10-23(11-9-22)19(24)18-17-5-3-2-4-15(17)6-7-20-18/h2-7,13H,8-12H2,1H3. The van der Waals surface area contributed by atoms with Crippen LogP contribution in [0, 0.1) is 6.92 Å². The minimum Gasteiger partial charge on any atom is -0.335 e. The molecular formula is C19H20N4OS.